The zero-order chi connectivity index (χ0) is 12.3. The number of ketones is 2. The van der Waals surface area contributed by atoms with Crippen LogP contribution in [0.5, 0.6) is 0 Å². The number of aryl methyl sites for hydroxylation is 2. The van der Waals surface area contributed by atoms with E-state index in [2.05, 4.69) is 0 Å². The quantitative estimate of drug-likeness (QED) is 0.474. The molecule has 1 rings (SSSR count). The molecule has 1 N–H and O–H groups in total. The van der Waals surface area contributed by atoms with Crippen molar-refractivity contribution in [2.75, 3.05) is 0 Å². The predicted octanol–water partition coefficient (Wildman–Crippen LogP) is 1.53. The third-order valence-corrected chi connectivity index (χ3v) is 2.33. The third kappa shape index (κ3) is 2.76. The van der Waals surface area contributed by atoms with Gasteiger partial charge in [-0.3, -0.25) is 14.4 Å². The Morgan fingerprint density at radius 3 is 2.25 bits per heavy atom. The lowest BCUT2D eigenvalue weighted by atomic mass is 10.0. The normalized spacial score (nSPS) is 9.88. The molecule has 84 valence electrons. The molecule has 0 aliphatic rings. The standard InChI is InChI=1S/C12H12O4/c1-7-3-4-9(5-8(7)2)12(16)10(13)6-11(14)15/h3-5H,6H2,1-2H3,(H,14,15). The van der Waals surface area contributed by atoms with Crippen LogP contribution in [0.1, 0.15) is 27.9 Å². The van der Waals surface area contributed by atoms with Crippen molar-refractivity contribution in [1.29, 1.82) is 0 Å². The fourth-order valence-corrected chi connectivity index (χ4v) is 1.26. The van der Waals surface area contributed by atoms with Crippen molar-refractivity contribution in [3.63, 3.8) is 0 Å². The molecule has 16 heavy (non-hydrogen) atoms. The van der Waals surface area contributed by atoms with Gasteiger partial charge in [0.1, 0.15) is 6.42 Å². The SMILES string of the molecule is Cc1ccc(C(=O)C(=O)CC(=O)O)cc1C. The Kier molecular flexibility index (Phi) is 3.55. The summed E-state index contributed by atoms with van der Waals surface area (Å²) in [5.41, 5.74) is 2.16. The average molecular weight is 220 g/mol. The number of carbonyl (C=O) groups is 3. The zero-order valence-corrected chi connectivity index (χ0v) is 9.11. The van der Waals surface area contributed by atoms with Gasteiger partial charge in [-0.2, -0.15) is 0 Å². The van der Waals surface area contributed by atoms with Gasteiger partial charge in [0.25, 0.3) is 0 Å². The van der Waals surface area contributed by atoms with E-state index >= 15 is 0 Å². The van der Waals surface area contributed by atoms with Gasteiger partial charge in [0.15, 0.2) is 0 Å². The first-order chi connectivity index (χ1) is 7.41. The minimum atomic E-state index is -1.29. The number of Topliss-reactive ketones (excluding diaryl/α,β-unsaturated/α-hetero) is 2. The molecule has 0 heterocycles. The maximum absolute atomic E-state index is 11.5. The number of hydrogen-bond donors (Lipinski definition) is 1. The maximum atomic E-state index is 11.5. The first-order valence-electron chi connectivity index (χ1n) is 4.78. The number of carboxylic acid groups (broad SMARTS) is 1. The van der Waals surface area contributed by atoms with Crippen LogP contribution in [0.25, 0.3) is 0 Å². The summed E-state index contributed by atoms with van der Waals surface area (Å²) >= 11 is 0. The van der Waals surface area contributed by atoms with Crippen molar-refractivity contribution in [1.82, 2.24) is 0 Å². The van der Waals surface area contributed by atoms with E-state index in [1.54, 1.807) is 12.1 Å². The van der Waals surface area contributed by atoms with Crippen LogP contribution < -0.4 is 0 Å². The zero-order valence-electron chi connectivity index (χ0n) is 9.11. The second kappa shape index (κ2) is 4.70. The van der Waals surface area contributed by atoms with Crippen molar-refractivity contribution >= 4 is 17.5 Å². The van der Waals surface area contributed by atoms with E-state index in [0.717, 1.165) is 11.1 Å². The Labute approximate surface area is 92.9 Å². The van der Waals surface area contributed by atoms with Gasteiger partial charge in [-0.25, -0.2) is 0 Å². The van der Waals surface area contributed by atoms with E-state index in [0.29, 0.717) is 0 Å². The molecule has 0 unspecified atom stereocenters. The molecule has 0 bridgehead atoms. The van der Waals surface area contributed by atoms with Gasteiger partial charge in [0.2, 0.25) is 11.6 Å². The molecule has 1 aromatic carbocycles. The highest BCUT2D eigenvalue weighted by atomic mass is 16.4. The Morgan fingerprint density at radius 2 is 1.75 bits per heavy atom. The summed E-state index contributed by atoms with van der Waals surface area (Å²) < 4.78 is 0. The largest absolute Gasteiger partial charge is 0.481 e. The van der Waals surface area contributed by atoms with Crippen molar-refractivity contribution in [2.45, 2.75) is 20.3 Å². The first kappa shape index (κ1) is 12.1. The lowest BCUT2D eigenvalue weighted by Gasteiger charge is -2.02. The molecule has 4 nitrogen and oxygen atoms in total. The van der Waals surface area contributed by atoms with Crippen molar-refractivity contribution < 1.29 is 19.5 Å². The number of carboxylic acids is 1. The summed E-state index contributed by atoms with van der Waals surface area (Å²) in [7, 11) is 0. The number of carbonyl (C=O) groups excluding carboxylic acids is 2. The molecule has 0 fully saturated rings. The molecule has 0 aromatic heterocycles. The van der Waals surface area contributed by atoms with E-state index in [1.165, 1.54) is 6.07 Å². The minimum absolute atomic E-state index is 0.245. The minimum Gasteiger partial charge on any atom is -0.481 e. The molecule has 0 aliphatic carbocycles. The Bertz CT molecular complexity index is 460. The van der Waals surface area contributed by atoms with Crippen LogP contribution in [0, 0.1) is 13.8 Å². The molecule has 0 radical (unpaired) electrons. The number of hydrogen-bond acceptors (Lipinski definition) is 3. The van der Waals surface area contributed by atoms with Gasteiger partial charge in [-0.1, -0.05) is 12.1 Å². The van der Waals surface area contributed by atoms with Crippen LogP contribution >= 0.6 is 0 Å². The molecular formula is C12H12O4. The lowest BCUT2D eigenvalue weighted by molar-refractivity contribution is -0.139. The second-order valence-electron chi connectivity index (χ2n) is 3.62. The van der Waals surface area contributed by atoms with Gasteiger partial charge >= 0.3 is 5.97 Å². The summed E-state index contributed by atoms with van der Waals surface area (Å²) in [4.78, 5) is 33.0. The van der Waals surface area contributed by atoms with Crippen LogP contribution in [0.4, 0.5) is 0 Å². The summed E-state index contributed by atoms with van der Waals surface area (Å²) in [6.07, 6.45) is -0.758. The van der Waals surface area contributed by atoms with E-state index in [1.807, 2.05) is 13.8 Å². The van der Waals surface area contributed by atoms with Gasteiger partial charge in [0, 0.05) is 5.56 Å². The van der Waals surface area contributed by atoms with Crippen LogP contribution in [0.3, 0.4) is 0 Å². The van der Waals surface area contributed by atoms with E-state index < -0.39 is 24.0 Å². The van der Waals surface area contributed by atoms with Crippen LogP contribution in [0.2, 0.25) is 0 Å². The summed E-state index contributed by atoms with van der Waals surface area (Å²) in [5, 5.41) is 8.41. The van der Waals surface area contributed by atoms with Crippen molar-refractivity contribution in [2.24, 2.45) is 0 Å². The molecule has 0 saturated carbocycles. The Morgan fingerprint density at radius 1 is 1.12 bits per heavy atom. The summed E-state index contributed by atoms with van der Waals surface area (Å²) in [5.74, 6) is -2.93. The van der Waals surface area contributed by atoms with Crippen molar-refractivity contribution in [3.8, 4) is 0 Å². The third-order valence-electron chi connectivity index (χ3n) is 2.33. The lowest BCUT2D eigenvalue weighted by Crippen LogP contribution is -2.18. The highest BCUT2D eigenvalue weighted by Gasteiger charge is 2.19. The number of aliphatic carboxylic acids is 1. The number of rotatable bonds is 4. The number of benzene rings is 1. The monoisotopic (exact) mass is 220 g/mol. The van der Waals surface area contributed by atoms with E-state index in [-0.39, 0.29) is 5.56 Å². The molecule has 0 spiro atoms. The van der Waals surface area contributed by atoms with Gasteiger partial charge in [-0.15, -0.1) is 0 Å². The van der Waals surface area contributed by atoms with Gasteiger partial charge in [-0.05, 0) is 31.0 Å². The van der Waals surface area contributed by atoms with E-state index in [4.69, 9.17) is 5.11 Å². The molecule has 0 saturated heterocycles. The highest BCUT2D eigenvalue weighted by Crippen LogP contribution is 2.11. The topological polar surface area (TPSA) is 71.4 Å². The van der Waals surface area contributed by atoms with Gasteiger partial charge in [0.05, 0.1) is 0 Å². The van der Waals surface area contributed by atoms with Crippen LogP contribution in [0.15, 0.2) is 18.2 Å². The summed E-state index contributed by atoms with van der Waals surface area (Å²) in [6, 6.07) is 4.86. The molecular weight excluding hydrogens is 208 g/mol. The Hall–Kier alpha value is -1.97. The highest BCUT2D eigenvalue weighted by molar-refractivity contribution is 6.45. The molecule has 1 aromatic rings. The maximum Gasteiger partial charge on any atom is 0.311 e. The van der Waals surface area contributed by atoms with Crippen LogP contribution in [-0.2, 0) is 9.59 Å². The molecule has 0 amide bonds. The Balaban J connectivity index is 2.92. The van der Waals surface area contributed by atoms with E-state index in [9.17, 15) is 14.4 Å². The average Bonchev–Trinajstić information content (AvgIpc) is 2.20. The molecule has 0 atom stereocenters. The second-order valence-corrected chi connectivity index (χ2v) is 3.62. The fourth-order valence-electron chi connectivity index (χ4n) is 1.26. The van der Waals surface area contributed by atoms with Gasteiger partial charge < -0.3 is 5.11 Å². The fraction of sp³-hybridized carbons (Fsp3) is 0.250. The molecule has 0 aliphatic heterocycles. The van der Waals surface area contributed by atoms with Crippen LogP contribution in [-0.4, -0.2) is 22.6 Å². The predicted molar refractivity (Wildman–Crippen MR) is 57.5 cm³/mol. The summed E-state index contributed by atoms with van der Waals surface area (Å²) in [6.45, 7) is 3.72. The van der Waals surface area contributed by atoms with Crippen molar-refractivity contribution in [3.05, 3.63) is 34.9 Å². The first-order valence-corrected chi connectivity index (χ1v) is 4.78. The smallest absolute Gasteiger partial charge is 0.311 e. The molecule has 4 heteroatoms.